The maximum absolute atomic E-state index is 12.5. The Morgan fingerprint density at radius 3 is 2.57 bits per heavy atom. The second-order valence-corrected chi connectivity index (χ2v) is 7.47. The minimum atomic E-state index is 0. The minimum Gasteiger partial charge on any atom is -0.356 e. The Kier molecular flexibility index (Phi) is 10.6. The number of carbonyl (C=O) groups is 1. The second kappa shape index (κ2) is 12.9. The van der Waals surface area contributed by atoms with Crippen molar-refractivity contribution in [3.05, 3.63) is 18.5 Å². The molecule has 0 bridgehead atoms. The van der Waals surface area contributed by atoms with Gasteiger partial charge in [0.15, 0.2) is 5.96 Å². The van der Waals surface area contributed by atoms with Crippen molar-refractivity contribution in [3.8, 4) is 0 Å². The summed E-state index contributed by atoms with van der Waals surface area (Å²) in [7, 11) is 1.77. The van der Waals surface area contributed by atoms with Crippen LogP contribution >= 0.6 is 24.0 Å². The first kappa shape index (κ1) is 24.6. The van der Waals surface area contributed by atoms with Crippen LogP contribution in [-0.4, -0.2) is 97.1 Å². The average molecular weight is 530 g/mol. The number of halogens is 1. The topological polar surface area (TPSA) is 89.0 Å². The van der Waals surface area contributed by atoms with Crippen LogP contribution in [0.3, 0.4) is 0 Å². The molecule has 30 heavy (non-hydrogen) atoms. The third-order valence-electron chi connectivity index (χ3n) is 5.73. The molecule has 0 spiro atoms. The first-order chi connectivity index (χ1) is 14.2. The summed E-state index contributed by atoms with van der Waals surface area (Å²) in [5.74, 6) is 1.68. The van der Waals surface area contributed by atoms with Crippen LogP contribution < -0.4 is 15.5 Å². The van der Waals surface area contributed by atoms with Gasteiger partial charge in [-0.3, -0.25) is 14.7 Å². The highest BCUT2D eigenvalue weighted by atomic mass is 127. The Morgan fingerprint density at radius 2 is 1.90 bits per heavy atom. The summed E-state index contributed by atoms with van der Waals surface area (Å²) in [5.41, 5.74) is 0. The van der Waals surface area contributed by atoms with Gasteiger partial charge in [-0.05, 0) is 32.0 Å². The molecule has 2 saturated heterocycles. The molecule has 0 aromatic carbocycles. The molecular weight excluding hydrogens is 495 g/mol. The molecular formula is C20H35IN8O. The number of nitrogens with zero attached hydrogens (tertiary/aromatic N) is 6. The number of hydrogen-bond donors (Lipinski definition) is 2. The highest BCUT2D eigenvalue weighted by molar-refractivity contribution is 14.0. The number of hydrogen-bond acceptors (Lipinski definition) is 6. The average Bonchev–Trinajstić information content (AvgIpc) is 3.24. The minimum absolute atomic E-state index is 0. The molecule has 1 aromatic rings. The molecule has 168 valence electrons. The van der Waals surface area contributed by atoms with E-state index < -0.39 is 0 Å². The maximum Gasteiger partial charge on any atom is 0.225 e. The number of aromatic nitrogens is 2. The van der Waals surface area contributed by atoms with Crippen LogP contribution in [-0.2, 0) is 4.79 Å². The number of likely N-dealkylation sites (N-methyl/N-ethyl adjacent to an activating group) is 1. The lowest BCUT2D eigenvalue weighted by Gasteiger charge is -2.34. The largest absolute Gasteiger partial charge is 0.356 e. The normalized spacial score (nSPS) is 20.1. The number of piperazine rings is 1. The molecule has 2 N–H and O–H groups in total. The van der Waals surface area contributed by atoms with Crippen molar-refractivity contribution < 1.29 is 4.79 Å². The highest BCUT2D eigenvalue weighted by Crippen LogP contribution is 2.15. The van der Waals surface area contributed by atoms with E-state index in [1.807, 2.05) is 11.0 Å². The van der Waals surface area contributed by atoms with Crippen LogP contribution in [0, 0.1) is 0 Å². The fraction of sp³-hybridized carbons (Fsp3) is 0.700. The van der Waals surface area contributed by atoms with Crippen molar-refractivity contribution in [2.45, 2.75) is 32.2 Å². The summed E-state index contributed by atoms with van der Waals surface area (Å²) < 4.78 is 0. The van der Waals surface area contributed by atoms with E-state index in [9.17, 15) is 4.79 Å². The lowest BCUT2D eigenvalue weighted by Crippen LogP contribution is -2.50. The predicted octanol–water partition coefficient (Wildman–Crippen LogP) is 0.783. The summed E-state index contributed by atoms with van der Waals surface area (Å²) in [6.07, 6.45) is 6.46. The molecule has 1 unspecified atom stereocenters. The Bertz CT molecular complexity index is 666. The molecule has 9 nitrogen and oxygen atoms in total. The first-order valence-corrected chi connectivity index (χ1v) is 10.7. The van der Waals surface area contributed by atoms with Gasteiger partial charge < -0.3 is 20.4 Å². The predicted molar refractivity (Wildman–Crippen MR) is 130 cm³/mol. The van der Waals surface area contributed by atoms with Crippen molar-refractivity contribution in [1.29, 1.82) is 0 Å². The molecule has 2 aliphatic heterocycles. The molecule has 1 atom stereocenters. The lowest BCUT2D eigenvalue weighted by atomic mass is 10.2. The van der Waals surface area contributed by atoms with E-state index in [-0.39, 0.29) is 29.9 Å². The lowest BCUT2D eigenvalue weighted by molar-refractivity contribution is -0.131. The van der Waals surface area contributed by atoms with Gasteiger partial charge in [0.2, 0.25) is 11.9 Å². The van der Waals surface area contributed by atoms with Gasteiger partial charge in [0, 0.05) is 71.2 Å². The molecule has 3 heterocycles. The van der Waals surface area contributed by atoms with Gasteiger partial charge in [-0.2, -0.15) is 0 Å². The monoisotopic (exact) mass is 530 g/mol. The van der Waals surface area contributed by atoms with E-state index in [1.54, 1.807) is 19.4 Å². The van der Waals surface area contributed by atoms with Gasteiger partial charge in [-0.25, -0.2) is 9.97 Å². The zero-order valence-electron chi connectivity index (χ0n) is 18.1. The maximum atomic E-state index is 12.5. The first-order valence-electron chi connectivity index (χ1n) is 10.7. The van der Waals surface area contributed by atoms with E-state index in [0.29, 0.717) is 32.1 Å². The number of aliphatic imine (C=N–C) groups is 1. The summed E-state index contributed by atoms with van der Waals surface area (Å²) in [6, 6.07) is 2.39. The summed E-state index contributed by atoms with van der Waals surface area (Å²) >= 11 is 0. The third-order valence-corrected chi connectivity index (χ3v) is 5.73. The molecule has 0 aliphatic carbocycles. The summed E-state index contributed by atoms with van der Waals surface area (Å²) in [4.78, 5) is 31.9. The highest BCUT2D eigenvalue weighted by Gasteiger charge is 2.23. The van der Waals surface area contributed by atoms with Crippen LogP contribution in [0.5, 0.6) is 0 Å². The Labute approximate surface area is 196 Å². The molecule has 0 radical (unpaired) electrons. The molecule has 1 amide bonds. The molecule has 2 fully saturated rings. The molecule has 10 heteroatoms. The fourth-order valence-electron chi connectivity index (χ4n) is 4.03. The van der Waals surface area contributed by atoms with E-state index in [4.69, 9.17) is 0 Å². The van der Waals surface area contributed by atoms with E-state index in [2.05, 4.69) is 42.3 Å². The number of amides is 1. The summed E-state index contributed by atoms with van der Waals surface area (Å²) in [6.45, 7) is 8.92. The standard InChI is InChI=1S/C20H34N8O.HI/c1-3-26-11-4-6-17(26)16-25-19(21-2)22-10-7-18(29)27-12-14-28(15-13-27)20-23-8-5-9-24-20;/h5,8-9,17H,3-4,6-7,10-16H2,1-2H3,(H2,21,22,25);1H. The van der Waals surface area contributed by atoms with Crippen molar-refractivity contribution in [3.63, 3.8) is 0 Å². The van der Waals surface area contributed by atoms with E-state index in [1.165, 1.54) is 19.4 Å². The van der Waals surface area contributed by atoms with Crippen LogP contribution in [0.15, 0.2) is 23.5 Å². The fourth-order valence-corrected chi connectivity index (χ4v) is 4.03. The Morgan fingerprint density at radius 1 is 1.17 bits per heavy atom. The van der Waals surface area contributed by atoms with Gasteiger partial charge in [0.05, 0.1) is 0 Å². The SMILES string of the molecule is CCN1CCCC1CNC(=NC)NCCC(=O)N1CCN(c2ncccn2)CC1.I. The van der Waals surface area contributed by atoms with Crippen LogP contribution in [0.1, 0.15) is 26.2 Å². The van der Waals surface area contributed by atoms with Crippen LogP contribution in [0.2, 0.25) is 0 Å². The van der Waals surface area contributed by atoms with Gasteiger partial charge in [0.25, 0.3) is 0 Å². The number of likely N-dealkylation sites (tertiary alicyclic amines) is 1. The van der Waals surface area contributed by atoms with Crippen molar-refractivity contribution in [2.75, 3.05) is 64.3 Å². The third kappa shape index (κ3) is 6.93. The quantitative estimate of drug-likeness (QED) is 0.306. The van der Waals surface area contributed by atoms with Gasteiger partial charge in [-0.1, -0.05) is 6.92 Å². The Balaban J connectivity index is 0.00000320. The number of anilines is 1. The van der Waals surface area contributed by atoms with E-state index in [0.717, 1.165) is 38.1 Å². The zero-order chi connectivity index (χ0) is 20.5. The van der Waals surface area contributed by atoms with Crippen molar-refractivity contribution in [2.24, 2.45) is 4.99 Å². The Hall–Kier alpha value is -1.69. The van der Waals surface area contributed by atoms with Crippen molar-refractivity contribution in [1.82, 2.24) is 30.4 Å². The number of nitrogens with one attached hydrogen (secondary N) is 2. The molecule has 1 aromatic heterocycles. The van der Waals surface area contributed by atoms with Gasteiger partial charge in [-0.15, -0.1) is 24.0 Å². The van der Waals surface area contributed by atoms with Gasteiger partial charge in [0.1, 0.15) is 0 Å². The number of rotatable bonds is 7. The van der Waals surface area contributed by atoms with Gasteiger partial charge >= 0.3 is 0 Å². The zero-order valence-corrected chi connectivity index (χ0v) is 20.4. The molecule has 2 aliphatic rings. The van der Waals surface area contributed by atoms with E-state index >= 15 is 0 Å². The van der Waals surface area contributed by atoms with Crippen LogP contribution in [0.25, 0.3) is 0 Å². The van der Waals surface area contributed by atoms with Crippen LogP contribution in [0.4, 0.5) is 5.95 Å². The van der Waals surface area contributed by atoms with Crippen molar-refractivity contribution >= 4 is 41.8 Å². The second-order valence-electron chi connectivity index (χ2n) is 7.47. The summed E-state index contributed by atoms with van der Waals surface area (Å²) in [5, 5.41) is 6.68. The molecule has 0 saturated carbocycles. The smallest absolute Gasteiger partial charge is 0.225 e. The number of guanidine groups is 1. The molecule has 3 rings (SSSR count). The number of carbonyl (C=O) groups excluding carboxylic acids is 1.